The lowest BCUT2D eigenvalue weighted by Gasteiger charge is -2.22. The number of allylic oxidation sites excluding steroid dienone is 2. The number of hydrogen-bond donors (Lipinski definition) is 0. The highest BCUT2D eigenvalue weighted by atomic mass is 16.5. The van der Waals surface area contributed by atoms with Gasteiger partial charge in [-0.2, -0.15) is 0 Å². The summed E-state index contributed by atoms with van der Waals surface area (Å²) in [5.41, 5.74) is 3.04. The van der Waals surface area contributed by atoms with E-state index in [1.54, 1.807) is 6.92 Å². The third-order valence-corrected chi connectivity index (χ3v) is 4.91. The maximum absolute atomic E-state index is 11.9. The molecule has 0 unspecified atom stereocenters. The molecular weight excluding hydrogens is 296 g/mol. The fourth-order valence-corrected chi connectivity index (χ4v) is 3.18. The van der Waals surface area contributed by atoms with Gasteiger partial charge in [0.1, 0.15) is 11.5 Å². The van der Waals surface area contributed by atoms with Crippen LogP contribution in [0.5, 0.6) is 0 Å². The molecule has 1 aromatic rings. The van der Waals surface area contributed by atoms with Crippen molar-refractivity contribution < 1.29 is 9.53 Å². The van der Waals surface area contributed by atoms with Gasteiger partial charge in [-0.25, -0.2) is 0 Å². The van der Waals surface area contributed by atoms with Crippen molar-refractivity contribution in [1.82, 2.24) is 0 Å². The maximum atomic E-state index is 11.9. The summed E-state index contributed by atoms with van der Waals surface area (Å²) in [6, 6.07) is 8.33. The molecule has 1 aliphatic rings. The van der Waals surface area contributed by atoms with Gasteiger partial charge in [0.2, 0.25) is 0 Å². The van der Waals surface area contributed by atoms with Crippen molar-refractivity contribution in [2.24, 2.45) is 5.92 Å². The molecule has 2 nitrogen and oxygen atoms in total. The Morgan fingerprint density at radius 3 is 2.33 bits per heavy atom. The molecule has 0 heterocycles. The fourth-order valence-electron chi connectivity index (χ4n) is 3.18. The topological polar surface area (TPSA) is 26.3 Å². The monoisotopic (exact) mass is 326 g/mol. The summed E-state index contributed by atoms with van der Waals surface area (Å²) in [6.45, 7) is 14.2. The molecule has 0 spiro atoms. The first-order chi connectivity index (χ1) is 11.2. The lowest BCUT2D eigenvalue weighted by atomic mass is 9.86. The molecule has 1 fully saturated rings. The Morgan fingerprint density at radius 1 is 1.17 bits per heavy atom. The summed E-state index contributed by atoms with van der Waals surface area (Å²) < 4.78 is 6.18. The van der Waals surface area contributed by atoms with Crippen LogP contribution in [0, 0.1) is 5.92 Å². The zero-order valence-corrected chi connectivity index (χ0v) is 15.7. The van der Waals surface area contributed by atoms with E-state index in [0.29, 0.717) is 11.7 Å². The van der Waals surface area contributed by atoms with Crippen LogP contribution in [-0.4, -0.2) is 5.78 Å². The average Bonchev–Trinajstić information content (AvgIpc) is 3.05. The van der Waals surface area contributed by atoms with Crippen molar-refractivity contribution in [3.63, 3.8) is 0 Å². The molecule has 0 aliphatic heterocycles. The van der Waals surface area contributed by atoms with E-state index < -0.39 is 0 Å². The van der Waals surface area contributed by atoms with Crippen molar-refractivity contribution in [3.8, 4) is 0 Å². The fraction of sp³-hybridized carbons (Fsp3) is 0.500. The van der Waals surface area contributed by atoms with Crippen LogP contribution in [0.3, 0.4) is 0 Å². The number of Topliss-reactive ketones (excluding diaryl/α,β-unsaturated/α-hetero) is 1. The van der Waals surface area contributed by atoms with E-state index in [9.17, 15) is 4.79 Å². The summed E-state index contributed by atoms with van der Waals surface area (Å²) in [5, 5.41) is 0. The molecule has 2 heteroatoms. The molecule has 0 saturated heterocycles. The normalized spacial score (nSPS) is 16.7. The SMILES string of the molecule is C=C(O/C(=C(\C)C(C)=O)C1CCCC1)c1cccc(C(C)(C)C)c1. The Bertz CT molecular complexity index is 653. The maximum Gasteiger partial charge on any atom is 0.158 e. The molecule has 0 amide bonds. The molecule has 0 bridgehead atoms. The molecule has 1 saturated carbocycles. The Labute approximate surface area is 146 Å². The van der Waals surface area contributed by atoms with Gasteiger partial charge in [-0.15, -0.1) is 0 Å². The van der Waals surface area contributed by atoms with E-state index >= 15 is 0 Å². The highest BCUT2D eigenvalue weighted by Crippen LogP contribution is 2.36. The van der Waals surface area contributed by atoms with Crippen molar-refractivity contribution in [3.05, 3.63) is 53.3 Å². The first-order valence-electron chi connectivity index (χ1n) is 8.89. The van der Waals surface area contributed by atoms with E-state index in [1.807, 2.05) is 19.1 Å². The standard InChI is InChI=1S/C22H30O2/c1-15(16(2)23)21(18-10-7-8-11-18)24-17(3)19-12-9-13-20(14-19)22(4,5)6/h9,12-14,18H,3,7-8,10-11H2,1-2,4-6H3/b21-15+. The second kappa shape index (κ2) is 7.38. The highest BCUT2D eigenvalue weighted by molar-refractivity contribution is 5.93. The Balaban J connectivity index is 2.28. The van der Waals surface area contributed by atoms with E-state index in [2.05, 4.69) is 39.5 Å². The highest BCUT2D eigenvalue weighted by Gasteiger charge is 2.25. The minimum atomic E-state index is 0.0770. The van der Waals surface area contributed by atoms with E-state index in [4.69, 9.17) is 4.74 Å². The van der Waals surface area contributed by atoms with Crippen LogP contribution >= 0.6 is 0 Å². The zero-order valence-electron chi connectivity index (χ0n) is 15.7. The summed E-state index contributed by atoms with van der Waals surface area (Å²) in [6.07, 6.45) is 4.59. The molecule has 130 valence electrons. The van der Waals surface area contributed by atoms with Crippen molar-refractivity contribution in [2.75, 3.05) is 0 Å². The van der Waals surface area contributed by atoms with E-state index in [1.165, 1.54) is 18.4 Å². The number of ketones is 1. The molecule has 0 radical (unpaired) electrons. The van der Waals surface area contributed by atoms with Crippen LogP contribution in [0.25, 0.3) is 5.76 Å². The third kappa shape index (κ3) is 4.37. The predicted octanol–water partition coefficient (Wildman–Crippen LogP) is 6.02. The van der Waals surface area contributed by atoms with Crippen LogP contribution in [0.2, 0.25) is 0 Å². The van der Waals surface area contributed by atoms with Gasteiger partial charge in [0.15, 0.2) is 5.78 Å². The molecular formula is C22H30O2. The van der Waals surface area contributed by atoms with Crippen LogP contribution in [0.15, 0.2) is 42.2 Å². The molecule has 0 atom stereocenters. The van der Waals surface area contributed by atoms with Gasteiger partial charge in [-0.3, -0.25) is 4.79 Å². The van der Waals surface area contributed by atoms with Gasteiger partial charge in [-0.05, 0) is 43.7 Å². The average molecular weight is 326 g/mol. The van der Waals surface area contributed by atoms with Crippen molar-refractivity contribution in [2.45, 2.75) is 65.7 Å². The summed E-state index contributed by atoms with van der Waals surface area (Å²) in [5.74, 6) is 1.87. The quantitative estimate of drug-likeness (QED) is 0.488. The number of benzene rings is 1. The van der Waals surface area contributed by atoms with Gasteiger partial charge in [0.25, 0.3) is 0 Å². The smallest absolute Gasteiger partial charge is 0.158 e. The summed E-state index contributed by atoms with van der Waals surface area (Å²) in [4.78, 5) is 11.9. The van der Waals surface area contributed by atoms with E-state index in [-0.39, 0.29) is 11.2 Å². The van der Waals surface area contributed by atoms with Crippen molar-refractivity contribution in [1.29, 1.82) is 0 Å². The Hall–Kier alpha value is -1.83. The van der Waals surface area contributed by atoms with Crippen LogP contribution in [0.1, 0.15) is 71.4 Å². The number of ether oxygens (including phenoxy) is 1. The van der Waals surface area contributed by atoms with Gasteiger partial charge < -0.3 is 4.74 Å². The van der Waals surface area contributed by atoms with E-state index in [0.717, 1.165) is 29.7 Å². The molecule has 1 aliphatic carbocycles. The molecule has 0 aromatic heterocycles. The second-order valence-electron chi connectivity index (χ2n) is 7.88. The Kier molecular flexibility index (Phi) is 5.69. The first kappa shape index (κ1) is 18.5. The zero-order chi connectivity index (χ0) is 17.9. The van der Waals surface area contributed by atoms with Gasteiger partial charge >= 0.3 is 0 Å². The number of carbonyl (C=O) groups is 1. The van der Waals surface area contributed by atoms with Gasteiger partial charge in [0, 0.05) is 17.1 Å². The first-order valence-corrected chi connectivity index (χ1v) is 8.89. The molecule has 1 aromatic carbocycles. The minimum absolute atomic E-state index is 0.0770. The molecule has 24 heavy (non-hydrogen) atoms. The van der Waals surface area contributed by atoms with Crippen LogP contribution in [-0.2, 0) is 14.9 Å². The Morgan fingerprint density at radius 2 is 1.79 bits per heavy atom. The predicted molar refractivity (Wildman–Crippen MR) is 101 cm³/mol. The van der Waals surface area contributed by atoms with Gasteiger partial charge in [0.05, 0.1) is 0 Å². The number of carbonyl (C=O) groups excluding carboxylic acids is 1. The number of hydrogen-bond acceptors (Lipinski definition) is 2. The second-order valence-corrected chi connectivity index (χ2v) is 7.88. The lowest BCUT2D eigenvalue weighted by Crippen LogP contribution is -2.12. The third-order valence-electron chi connectivity index (χ3n) is 4.91. The summed E-state index contributed by atoms with van der Waals surface area (Å²) >= 11 is 0. The van der Waals surface area contributed by atoms with Crippen LogP contribution < -0.4 is 0 Å². The van der Waals surface area contributed by atoms with Crippen molar-refractivity contribution >= 4 is 11.5 Å². The number of rotatable bonds is 5. The minimum Gasteiger partial charge on any atom is -0.461 e. The largest absolute Gasteiger partial charge is 0.461 e. The molecule has 2 rings (SSSR count). The van der Waals surface area contributed by atoms with Gasteiger partial charge in [-0.1, -0.05) is 58.4 Å². The summed E-state index contributed by atoms with van der Waals surface area (Å²) in [7, 11) is 0. The molecule has 0 N–H and O–H groups in total. The van der Waals surface area contributed by atoms with Crippen LogP contribution in [0.4, 0.5) is 0 Å². The lowest BCUT2D eigenvalue weighted by molar-refractivity contribution is -0.113.